The van der Waals surface area contributed by atoms with Crippen LogP contribution in [0.5, 0.6) is 5.75 Å². The van der Waals surface area contributed by atoms with E-state index >= 15 is 0 Å². The first-order valence-electron chi connectivity index (χ1n) is 7.15. The zero-order valence-electron chi connectivity index (χ0n) is 12.6. The summed E-state index contributed by atoms with van der Waals surface area (Å²) in [6, 6.07) is 12.5. The molecule has 1 unspecified atom stereocenters. The number of benzene rings is 2. The van der Waals surface area contributed by atoms with Gasteiger partial charge in [0.2, 0.25) is 0 Å². The average molecular weight is 368 g/mol. The van der Waals surface area contributed by atoms with Gasteiger partial charge in [-0.05, 0) is 59.5 Å². The van der Waals surface area contributed by atoms with Crippen LogP contribution >= 0.6 is 27.5 Å². The highest BCUT2D eigenvalue weighted by molar-refractivity contribution is 9.10. The van der Waals surface area contributed by atoms with E-state index in [1.807, 2.05) is 18.2 Å². The molecule has 0 N–H and O–H groups in total. The lowest BCUT2D eigenvalue weighted by molar-refractivity contribution is 0.315. The molecular formula is C18H20BrClO. The van der Waals surface area contributed by atoms with Crippen LogP contribution < -0.4 is 4.74 Å². The van der Waals surface area contributed by atoms with Crippen molar-refractivity contribution in [2.75, 3.05) is 6.61 Å². The zero-order chi connectivity index (χ0) is 15.4. The Hall–Kier alpha value is -0.990. The first-order valence-corrected chi connectivity index (χ1v) is 8.38. The Morgan fingerprint density at radius 2 is 1.71 bits per heavy atom. The molecule has 2 aromatic rings. The number of hydrogen-bond acceptors (Lipinski definition) is 1. The van der Waals surface area contributed by atoms with Gasteiger partial charge in [-0.3, -0.25) is 0 Å². The van der Waals surface area contributed by atoms with Gasteiger partial charge in [-0.2, -0.15) is 0 Å². The zero-order valence-corrected chi connectivity index (χ0v) is 15.0. The fourth-order valence-electron chi connectivity index (χ4n) is 2.35. The van der Waals surface area contributed by atoms with Crippen LogP contribution in [-0.4, -0.2) is 6.61 Å². The van der Waals surface area contributed by atoms with Crippen LogP contribution in [0, 0.1) is 13.8 Å². The highest BCUT2D eigenvalue weighted by Crippen LogP contribution is 2.34. The SMILES string of the molecule is CCCOc1ccc(C(Cl)c2cc(C)cc(C)c2)cc1Br. The predicted octanol–water partition coefficient (Wildman–Crippen LogP) is 6.18. The van der Waals surface area contributed by atoms with Gasteiger partial charge in [-0.15, -0.1) is 11.6 Å². The Morgan fingerprint density at radius 3 is 2.29 bits per heavy atom. The van der Waals surface area contributed by atoms with E-state index in [-0.39, 0.29) is 5.38 Å². The molecule has 0 aromatic heterocycles. The summed E-state index contributed by atoms with van der Waals surface area (Å²) in [4.78, 5) is 0. The smallest absolute Gasteiger partial charge is 0.133 e. The maximum atomic E-state index is 6.64. The second-order valence-corrected chi connectivity index (χ2v) is 6.61. The highest BCUT2D eigenvalue weighted by Gasteiger charge is 2.13. The van der Waals surface area contributed by atoms with Crippen LogP contribution in [0.2, 0.25) is 0 Å². The predicted molar refractivity (Wildman–Crippen MR) is 93.5 cm³/mol. The van der Waals surface area contributed by atoms with E-state index in [1.165, 1.54) is 11.1 Å². The Bertz CT molecular complexity index is 604. The molecule has 0 aliphatic rings. The second kappa shape index (κ2) is 7.33. The largest absolute Gasteiger partial charge is 0.492 e. The highest BCUT2D eigenvalue weighted by atomic mass is 79.9. The number of alkyl halides is 1. The molecule has 0 aliphatic heterocycles. The van der Waals surface area contributed by atoms with Gasteiger partial charge in [0.1, 0.15) is 5.75 Å². The summed E-state index contributed by atoms with van der Waals surface area (Å²) >= 11 is 10.2. The van der Waals surface area contributed by atoms with Crippen molar-refractivity contribution in [3.05, 3.63) is 63.1 Å². The Kier molecular flexibility index (Phi) is 5.72. The lowest BCUT2D eigenvalue weighted by atomic mass is 10.0. The molecule has 0 saturated heterocycles. The molecule has 1 atom stereocenters. The number of aryl methyl sites for hydroxylation is 2. The van der Waals surface area contributed by atoms with Crippen molar-refractivity contribution < 1.29 is 4.74 Å². The number of rotatable bonds is 5. The van der Waals surface area contributed by atoms with Crippen molar-refractivity contribution in [3.8, 4) is 5.75 Å². The molecule has 0 heterocycles. The summed E-state index contributed by atoms with van der Waals surface area (Å²) in [7, 11) is 0. The average Bonchev–Trinajstić information content (AvgIpc) is 2.44. The molecule has 0 saturated carbocycles. The van der Waals surface area contributed by atoms with E-state index in [9.17, 15) is 0 Å². The molecule has 1 nitrogen and oxygen atoms in total. The molecule has 3 heteroatoms. The standard InChI is InChI=1S/C18H20BrClO/c1-4-7-21-17-6-5-14(11-16(17)19)18(20)15-9-12(2)8-13(3)10-15/h5-6,8-11,18H,4,7H2,1-3H3. The van der Waals surface area contributed by atoms with Crippen LogP contribution in [0.3, 0.4) is 0 Å². The molecule has 0 radical (unpaired) electrons. The van der Waals surface area contributed by atoms with Crippen molar-refractivity contribution in [1.29, 1.82) is 0 Å². The molecule has 0 bridgehead atoms. The van der Waals surface area contributed by atoms with Crippen molar-refractivity contribution >= 4 is 27.5 Å². The summed E-state index contributed by atoms with van der Waals surface area (Å²) < 4.78 is 6.62. The van der Waals surface area contributed by atoms with E-state index in [0.717, 1.165) is 34.4 Å². The molecule has 0 fully saturated rings. The molecule has 112 valence electrons. The summed E-state index contributed by atoms with van der Waals surface area (Å²) in [6.07, 6.45) is 0.995. The molecular weight excluding hydrogens is 348 g/mol. The third-order valence-electron chi connectivity index (χ3n) is 3.25. The van der Waals surface area contributed by atoms with Crippen LogP contribution in [0.25, 0.3) is 0 Å². The maximum absolute atomic E-state index is 6.64. The van der Waals surface area contributed by atoms with Crippen molar-refractivity contribution in [2.24, 2.45) is 0 Å². The normalized spacial score (nSPS) is 12.2. The van der Waals surface area contributed by atoms with Gasteiger partial charge in [0, 0.05) is 0 Å². The van der Waals surface area contributed by atoms with Gasteiger partial charge in [0.25, 0.3) is 0 Å². The Morgan fingerprint density at radius 1 is 1.05 bits per heavy atom. The van der Waals surface area contributed by atoms with Gasteiger partial charge in [-0.25, -0.2) is 0 Å². The topological polar surface area (TPSA) is 9.23 Å². The van der Waals surface area contributed by atoms with Gasteiger partial charge in [0.05, 0.1) is 16.5 Å². The Labute approximate surface area is 140 Å². The van der Waals surface area contributed by atoms with E-state index in [0.29, 0.717) is 0 Å². The lowest BCUT2D eigenvalue weighted by Gasteiger charge is -2.14. The number of hydrogen-bond donors (Lipinski definition) is 0. The van der Waals surface area contributed by atoms with Crippen molar-refractivity contribution in [1.82, 2.24) is 0 Å². The van der Waals surface area contributed by atoms with Gasteiger partial charge in [0.15, 0.2) is 0 Å². The fraction of sp³-hybridized carbons (Fsp3) is 0.333. The first kappa shape index (κ1) is 16.4. The van der Waals surface area contributed by atoms with Crippen molar-refractivity contribution in [2.45, 2.75) is 32.6 Å². The Balaban J connectivity index is 2.26. The molecule has 2 rings (SSSR count). The minimum Gasteiger partial charge on any atom is -0.492 e. The molecule has 21 heavy (non-hydrogen) atoms. The number of ether oxygens (including phenoxy) is 1. The van der Waals surface area contributed by atoms with Gasteiger partial charge >= 0.3 is 0 Å². The third kappa shape index (κ3) is 4.24. The summed E-state index contributed by atoms with van der Waals surface area (Å²) in [5, 5.41) is -0.153. The summed E-state index contributed by atoms with van der Waals surface area (Å²) in [6.45, 7) is 7.01. The number of halogens is 2. The van der Waals surface area contributed by atoms with Crippen LogP contribution in [0.4, 0.5) is 0 Å². The van der Waals surface area contributed by atoms with E-state index in [4.69, 9.17) is 16.3 Å². The van der Waals surface area contributed by atoms with Gasteiger partial charge in [-0.1, -0.05) is 42.3 Å². The molecule has 0 amide bonds. The summed E-state index contributed by atoms with van der Waals surface area (Å²) in [5.41, 5.74) is 4.66. The van der Waals surface area contributed by atoms with Crippen molar-refractivity contribution in [3.63, 3.8) is 0 Å². The molecule has 0 spiro atoms. The van der Waals surface area contributed by atoms with Crippen LogP contribution in [-0.2, 0) is 0 Å². The third-order valence-corrected chi connectivity index (χ3v) is 4.37. The monoisotopic (exact) mass is 366 g/mol. The minimum atomic E-state index is -0.153. The summed E-state index contributed by atoms with van der Waals surface area (Å²) in [5.74, 6) is 0.866. The van der Waals surface area contributed by atoms with Crippen LogP contribution in [0.1, 0.15) is 41.0 Å². The maximum Gasteiger partial charge on any atom is 0.133 e. The fourth-order valence-corrected chi connectivity index (χ4v) is 3.13. The molecule has 0 aliphatic carbocycles. The first-order chi connectivity index (χ1) is 10.0. The van der Waals surface area contributed by atoms with E-state index < -0.39 is 0 Å². The minimum absolute atomic E-state index is 0.153. The quantitative estimate of drug-likeness (QED) is 0.573. The van der Waals surface area contributed by atoms with E-state index in [2.05, 4.69) is 54.9 Å². The molecule has 2 aromatic carbocycles. The van der Waals surface area contributed by atoms with Gasteiger partial charge < -0.3 is 4.74 Å². The van der Waals surface area contributed by atoms with Crippen LogP contribution in [0.15, 0.2) is 40.9 Å². The lowest BCUT2D eigenvalue weighted by Crippen LogP contribution is -1.98. The second-order valence-electron chi connectivity index (χ2n) is 5.32. The van der Waals surface area contributed by atoms with E-state index in [1.54, 1.807) is 0 Å².